The van der Waals surface area contributed by atoms with E-state index >= 15 is 0 Å². The molecule has 0 spiro atoms. The van der Waals surface area contributed by atoms with Crippen molar-refractivity contribution in [2.24, 2.45) is 5.92 Å². The molecule has 2 aliphatic heterocycles. The van der Waals surface area contributed by atoms with Gasteiger partial charge in [-0.3, -0.25) is 9.59 Å². The molecule has 4 heteroatoms. The summed E-state index contributed by atoms with van der Waals surface area (Å²) in [5, 5.41) is 0. The van der Waals surface area contributed by atoms with Gasteiger partial charge in [-0.05, 0) is 37.3 Å². The van der Waals surface area contributed by atoms with Crippen LogP contribution in [0.25, 0.3) is 5.57 Å². The number of rotatable bonds is 2. The molecule has 0 radical (unpaired) electrons. The van der Waals surface area contributed by atoms with Crippen LogP contribution in [-0.4, -0.2) is 47.8 Å². The van der Waals surface area contributed by atoms with Crippen molar-refractivity contribution in [1.29, 1.82) is 0 Å². The number of carbonyl (C=O) groups is 2. The molecule has 2 aliphatic rings. The second-order valence-electron chi connectivity index (χ2n) is 6.93. The summed E-state index contributed by atoms with van der Waals surface area (Å²) in [6.45, 7) is 6.50. The Bertz CT molecular complexity index is 648. The van der Waals surface area contributed by atoms with E-state index in [4.69, 9.17) is 0 Å². The van der Waals surface area contributed by atoms with Gasteiger partial charge >= 0.3 is 0 Å². The molecule has 1 aromatic carbocycles. The van der Waals surface area contributed by atoms with Crippen molar-refractivity contribution in [3.63, 3.8) is 0 Å². The zero-order valence-electron chi connectivity index (χ0n) is 14.6. The molecule has 24 heavy (non-hydrogen) atoms. The zero-order chi connectivity index (χ0) is 17.1. The highest BCUT2D eigenvalue weighted by atomic mass is 16.2. The topological polar surface area (TPSA) is 40.6 Å². The molecule has 0 aromatic heterocycles. The van der Waals surface area contributed by atoms with Crippen LogP contribution in [0.4, 0.5) is 0 Å². The van der Waals surface area contributed by atoms with Gasteiger partial charge in [-0.15, -0.1) is 0 Å². The first kappa shape index (κ1) is 16.7. The molecule has 0 saturated carbocycles. The summed E-state index contributed by atoms with van der Waals surface area (Å²) in [5.41, 5.74) is 3.85. The second kappa shape index (κ2) is 7.20. The van der Waals surface area contributed by atoms with Crippen LogP contribution in [0.15, 0.2) is 30.3 Å². The van der Waals surface area contributed by atoms with Crippen LogP contribution in [0.5, 0.6) is 0 Å². The number of amides is 2. The molecule has 128 valence electrons. The quantitative estimate of drug-likeness (QED) is 0.838. The minimum Gasteiger partial charge on any atom is -0.342 e. The lowest BCUT2D eigenvalue weighted by Crippen LogP contribution is -2.47. The minimum absolute atomic E-state index is 0.0306. The molecule has 0 aliphatic carbocycles. The number of nitrogens with zero attached hydrogens (tertiary/aromatic N) is 2. The number of likely N-dealkylation sites (tertiary alicyclic amines) is 1. The number of benzene rings is 1. The third kappa shape index (κ3) is 3.69. The lowest BCUT2D eigenvalue weighted by atomic mass is 9.94. The van der Waals surface area contributed by atoms with Crippen LogP contribution in [0, 0.1) is 12.8 Å². The van der Waals surface area contributed by atoms with Gasteiger partial charge in [0.1, 0.15) is 0 Å². The second-order valence-corrected chi connectivity index (χ2v) is 6.93. The summed E-state index contributed by atoms with van der Waals surface area (Å²) in [6.07, 6.45) is 4.90. The molecule has 0 N–H and O–H groups in total. The Morgan fingerprint density at radius 2 is 1.83 bits per heavy atom. The molecule has 1 fully saturated rings. The van der Waals surface area contributed by atoms with Crippen molar-refractivity contribution in [2.45, 2.75) is 33.1 Å². The highest BCUT2D eigenvalue weighted by molar-refractivity contribution is 5.82. The predicted molar refractivity (Wildman–Crippen MR) is 95.3 cm³/mol. The molecule has 2 heterocycles. The Kier molecular flexibility index (Phi) is 5.03. The summed E-state index contributed by atoms with van der Waals surface area (Å²) in [5.74, 6) is 0.254. The van der Waals surface area contributed by atoms with E-state index in [0.717, 1.165) is 32.4 Å². The Labute approximate surface area is 144 Å². The van der Waals surface area contributed by atoms with Crippen LogP contribution in [-0.2, 0) is 9.59 Å². The minimum atomic E-state index is -0.0306. The summed E-state index contributed by atoms with van der Waals surface area (Å²) in [4.78, 5) is 28.1. The maximum Gasteiger partial charge on any atom is 0.227 e. The lowest BCUT2D eigenvalue weighted by Gasteiger charge is -2.35. The van der Waals surface area contributed by atoms with Crippen molar-refractivity contribution in [3.8, 4) is 0 Å². The van der Waals surface area contributed by atoms with Crippen LogP contribution in [0.1, 0.15) is 37.3 Å². The first-order valence-electron chi connectivity index (χ1n) is 8.85. The largest absolute Gasteiger partial charge is 0.342 e. The van der Waals surface area contributed by atoms with Gasteiger partial charge in [0.2, 0.25) is 11.8 Å². The zero-order valence-corrected chi connectivity index (χ0v) is 14.6. The normalized spacial score (nSPS) is 21.4. The molecular formula is C20H26N2O2. The van der Waals surface area contributed by atoms with Gasteiger partial charge in [-0.1, -0.05) is 35.9 Å². The van der Waals surface area contributed by atoms with E-state index < -0.39 is 0 Å². The standard InChI is InChI=1S/C20H26N2O2/c1-15-5-7-17(8-6-15)18-9-12-21(13-10-18)20(24)19-4-3-11-22(14-19)16(2)23/h5-9,19H,3-4,10-14H2,1-2H3/t19-/m0/s1. The van der Waals surface area contributed by atoms with Gasteiger partial charge in [0.05, 0.1) is 5.92 Å². The van der Waals surface area contributed by atoms with E-state index in [2.05, 4.69) is 37.3 Å². The molecule has 3 rings (SSSR count). The predicted octanol–water partition coefficient (Wildman–Crippen LogP) is 2.87. The van der Waals surface area contributed by atoms with Gasteiger partial charge in [-0.2, -0.15) is 0 Å². The maximum absolute atomic E-state index is 12.8. The van der Waals surface area contributed by atoms with Crippen molar-refractivity contribution in [2.75, 3.05) is 26.2 Å². The van der Waals surface area contributed by atoms with Gasteiger partial charge in [0.25, 0.3) is 0 Å². The van der Waals surface area contributed by atoms with Crippen molar-refractivity contribution in [1.82, 2.24) is 9.80 Å². The first-order chi connectivity index (χ1) is 11.5. The van der Waals surface area contributed by atoms with E-state index in [1.807, 2.05) is 9.80 Å². The number of hydrogen-bond acceptors (Lipinski definition) is 2. The molecule has 1 aromatic rings. The maximum atomic E-state index is 12.8. The fourth-order valence-electron chi connectivity index (χ4n) is 3.62. The number of piperidine rings is 1. The van der Waals surface area contributed by atoms with Gasteiger partial charge in [-0.25, -0.2) is 0 Å². The molecule has 4 nitrogen and oxygen atoms in total. The van der Waals surface area contributed by atoms with Gasteiger partial charge in [0.15, 0.2) is 0 Å². The summed E-state index contributed by atoms with van der Waals surface area (Å²) in [7, 11) is 0. The summed E-state index contributed by atoms with van der Waals surface area (Å²) < 4.78 is 0. The van der Waals surface area contributed by atoms with E-state index in [0.29, 0.717) is 13.1 Å². The Balaban J connectivity index is 1.62. The average molecular weight is 326 g/mol. The average Bonchev–Trinajstić information content (AvgIpc) is 2.62. The van der Waals surface area contributed by atoms with Crippen molar-refractivity contribution >= 4 is 17.4 Å². The third-order valence-corrected chi connectivity index (χ3v) is 5.16. The lowest BCUT2D eigenvalue weighted by molar-refractivity contribution is -0.139. The fraction of sp³-hybridized carbons (Fsp3) is 0.500. The van der Waals surface area contributed by atoms with Crippen molar-refractivity contribution in [3.05, 3.63) is 41.5 Å². The van der Waals surface area contributed by atoms with E-state index in [1.54, 1.807) is 6.92 Å². The Morgan fingerprint density at radius 3 is 2.46 bits per heavy atom. The number of aryl methyl sites for hydroxylation is 1. The Morgan fingerprint density at radius 1 is 1.08 bits per heavy atom. The number of carbonyl (C=O) groups excluding carboxylic acids is 2. The first-order valence-corrected chi connectivity index (χ1v) is 8.85. The highest BCUT2D eigenvalue weighted by Crippen LogP contribution is 2.25. The molecule has 1 atom stereocenters. The number of hydrogen-bond donors (Lipinski definition) is 0. The van der Waals surface area contributed by atoms with E-state index in [9.17, 15) is 9.59 Å². The fourth-order valence-corrected chi connectivity index (χ4v) is 3.62. The monoisotopic (exact) mass is 326 g/mol. The van der Waals surface area contributed by atoms with Crippen LogP contribution in [0.3, 0.4) is 0 Å². The highest BCUT2D eigenvalue weighted by Gasteiger charge is 2.30. The van der Waals surface area contributed by atoms with Crippen molar-refractivity contribution < 1.29 is 9.59 Å². The molecular weight excluding hydrogens is 300 g/mol. The van der Waals surface area contributed by atoms with Crippen LogP contribution in [0.2, 0.25) is 0 Å². The van der Waals surface area contributed by atoms with Crippen LogP contribution >= 0.6 is 0 Å². The van der Waals surface area contributed by atoms with E-state index in [1.165, 1.54) is 16.7 Å². The van der Waals surface area contributed by atoms with Gasteiger partial charge in [0, 0.05) is 33.1 Å². The molecule has 1 saturated heterocycles. The third-order valence-electron chi connectivity index (χ3n) is 5.16. The Hall–Kier alpha value is -2.10. The summed E-state index contributed by atoms with van der Waals surface area (Å²) >= 11 is 0. The van der Waals surface area contributed by atoms with E-state index in [-0.39, 0.29) is 17.7 Å². The molecule has 2 amide bonds. The molecule has 0 unspecified atom stereocenters. The smallest absolute Gasteiger partial charge is 0.227 e. The summed E-state index contributed by atoms with van der Waals surface area (Å²) in [6, 6.07) is 8.58. The van der Waals surface area contributed by atoms with Gasteiger partial charge < -0.3 is 9.80 Å². The van der Waals surface area contributed by atoms with Crippen LogP contribution < -0.4 is 0 Å². The molecule has 0 bridgehead atoms. The SMILES string of the molecule is CC(=O)N1CCC[C@H](C(=O)N2CC=C(c3ccc(C)cc3)CC2)C1.